The first kappa shape index (κ1) is 36.1. The van der Waals surface area contributed by atoms with Crippen LogP contribution >= 0.6 is 11.3 Å². The Kier molecular flexibility index (Phi) is 9.47. The smallest absolute Gasteiger partial charge is 0.410 e. The van der Waals surface area contributed by atoms with Crippen LogP contribution in [0.4, 0.5) is 9.93 Å². The number of ether oxygens (including phenoxy) is 1. The Bertz CT molecular complexity index is 1930. The van der Waals surface area contributed by atoms with Crippen molar-refractivity contribution in [2.45, 2.75) is 108 Å². The van der Waals surface area contributed by atoms with Crippen molar-refractivity contribution >= 4 is 56.4 Å². The second kappa shape index (κ2) is 13.6. The van der Waals surface area contributed by atoms with E-state index in [0.717, 1.165) is 41.6 Å². The molecule has 52 heavy (non-hydrogen) atoms. The fourth-order valence-corrected chi connectivity index (χ4v) is 9.52. The Morgan fingerprint density at radius 3 is 2.69 bits per heavy atom. The number of aryl methyl sites for hydroxylation is 1. The normalized spacial score (nSPS) is 28.4. The zero-order chi connectivity index (χ0) is 37.0. The zero-order valence-electron chi connectivity index (χ0n) is 29.7. The van der Waals surface area contributed by atoms with Crippen LogP contribution in [-0.2, 0) is 48.7 Å². The molecular weight excluding hydrogens is 705 g/mol. The van der Waals surface area contributed by atoms with Crippen LogP contribution in [0, 0.1) is 11.3 Å². The fraction of sp³-hybridized carbons (Fsp3) is 0.541. The molecule has 2 aliphatic carbocycles. The van der Waals surface area contributed by atoms with Gasteiger partial charge in [0.1, 0.15) is 23.7 Å². The molecule has 15 heteroatoms. The molecule has 5 atom stereocenters. The standard InChI is InChI=1S/C37H46N6O7S2/c1-5-24-17-37(24,33(46)41-52(48,49)27-14-15-27)40-31(44)29-16-26-19-43(29)32(45)30(36(2,3)4)39-34-38-25(21-51-34)13-8-6-7-10-22-11-9-12-23-18-42(20-28(22)23)35(47)50-26/h5,7,9-12,21,24,26-27,29-30H,1,6,8,13-20H2,2-4H3,(H,38,39)(H,40,44)(H,41,46)/b10-7+/t24-,26-,29+,30-,37-/m1/s1. The van der Waals surface area contributed by atoms with E-state index in [1.165, 1.54) is 22.3 Å². The first-order chi connectivity index (χ1) is 24.7. The molecule has 0 spiro atoms. The highest BCUT2D eigenvalue weighted by Crippen LogP contribution is 2.45. The highest BCUT2D eigenvalue weighted by Gasteiger charge is 2.62. The second-order valence-corrected chi connectivity index (χ2v) is 18.5. The molecule has 3 N–H and O–H groups in total. The van der Waals surface area contributed by atoms with Crippen LogP contribution in [0.15, 0.2) is 42.3 Å². The van der Waals surface area contributed by atoms with Gasteiger partial charge in [0, 0.05) is 24.3 Å². The molecule has 5 aliphatic rings. The highest BCUT2D eigenvalue weighted by atomic mass is 32.2. The van der Waals surface area contributed by atoms with Crippen LogP contribution in [0.2, 0.25) is 0 Å². The fourth-order valence-electron chi connectivity index (χ4n) is 7.38. The predicted octanol–water partition coefficient (Wildman–Crippen LogP) is 4.11. The number of allylic oxidation sites excluding steroid dienone is 1. The minimum absolute atomic E-state index is 0.00677. The molecule has 2 aromatic rings. The highest BCUT2D eigenvalue weighted by molar-refractivity contribution is 7.91. The van der Waals surface area contributed by atoms with Crippen molar-refractivity contribution in [2.75, 3.05) is 11.9 Å². The van der Waals surface area contributed by atoms with E-state index in [0.29, 0.717) is 31.1 Å². The van der Waals surface area contributed by atoms with Gasteiger partial charge >= 0.3 is 6.09 Å². The van der Waals surface area contributed by atoms with E-state index in [9.17, 15) is 27.6 Å². The quantitative estimate of drug-likeness (QED) is 0.369. The molecule has 278 valence electrons. The number of thiazole rings is 1. The van der Waals surface area contributed by atoms with Gasteiger partial charge in [-0.3, -0.25) is 24.0 Å². The molecular formula is C37H46N6O7S2. The summed E-state index contributed by atoms with van der Waals surface area (Å²) < 4.78 is 33.6. The van der Waals surface area contributed by atoms with E-state index in [-0.39, 0.29) is 25.3 Å². The van der Waals surface area contributed by atoms with E-state index in [2.05, 4.69) is 34.1 Å². The van der Waals surface area contributed by atoms with Crippen LogP contribution in [0.3, 0.4) is 0 Å². The summed E-state index contributed by atoms with van der Waals surface area (Å²) in [4.78, 5) is 63.8. The molecule has 6 bridgehead atoms. The molecule has 4 amide bonds. The Labute approximate surface area is 308 Å². The van der Waals surface area contributed by atoms with Gasteiger partial charge in [-0.15, -0.1) is 17.9 Å². The van der Waals surface area contributed by atoms with Crippen LogP contribution in [-0.4, -0.2) is 82.5 Å². The van der Waals surface area contributed by atoms with Gasteiger partial charge < -0.3 is 20.3 Å². The number of hydrogen-bond acceptors (Lipinski definition) is 10. The van der Waals surface area contributed by atoms with Gasteiger partial charge in [0.2, 0.25) is 21.8 Å². The lowest BCUT2D eigenvalue weighted by Gasteiger charge is -2.35. The summed E-state index contributed by atoms with van der Waals surface area (Å²) in [7, 11) is -3.88. The average molecular weight is 751 g/mol. The zero-order valence-corrected chi connectivity index (χ0v) is 31.4. The maximum Gasteiger partial charge on any atom is 0.410 e. The number of nitrogens with zero attached hydrogens (tertiary/aromatic N) is 3. The van der Waals surface area contributed by atoms with Crippen molar-refractivity contribution < 1.29 is 32.3 Å². The number of aromatic nitrogens is 1. The molecule has 1 aromatic carbocycles. The third-order valence-corrected chi connectivity index (χ3v) is 13.3. The van der Waals surface area contributed by atoms with Gasteiger partial charge in [-0.1, -0.05) is 57.2 Å². The van der Waals surface area contributed by atoms with Crippen molar-refractivity contribution in [1.29, 1.82) is 0 Å². The number of carbonyl (C=O) groups is 4. The number of benzene rings is 1. The van der Waals surface area contributed by atoms with E-state index in [4.69, 9.17) is 9.72 Å². The van der Waals surface area contributed by atoms with Gasteiger partial charge in [-0.2, -0.15) is 0 Å². The Morgan fingerprint density at radius 1 is 1.19 bits per heavy atom. The topological polar surface area (TPSA) is 167 Å². The molecule has 0 radical (unpaired) electrons. The van der Waals surface area contributed by atoms with E-state index >= 15 is 0 Å². The van der Waals surface area contributed by atoms with Gasteiger partial charge in [0.05, 0.1) is 24.0 Å². The Morgan fingerprint density at radius 2 is 1.98 bits per heavy atom. The van der Waals surface area contributed by atoms with E-state index in [1.54, 1.807) is 4.90 Å². The minimum Gasteiger partial charge on any atom is -0.444 e. The number of sulfonamides is 1. The van der Waals surface area contributed by atoms with E-state index < -0.39 is 68.2 Å². The number of fused-ring (bicyclic) bond motifs is 5. The number of amides is 4. The largest absolute Gasteiger partial charge is 0.444 e. The van der Waals surface area contributed by atoms with Crippen molar-refractivity contribution in [2.24, 2.45) is 11.3 Å². The third-order valence-electron chi connectivity index (χ3n) is 10.7. The molecule has 0 unspecified atom stereocenters. The van der Waals surface area contributed by atoms with Gasteiger partial charge in [-0.05, 0) is 60.6 Å². The summed E-state index contributed by atoms with van der Waals surface area (Å²) in [5.41, 5.74) is 1.91. The maximum atomic E-state index is 14.6. The molecule has 7 rings (SSSR count). The van der Waals surface area contributed by atoms with Crippen LogP contribution in [0.5, 0.6) is 0 Å². The number of carbonyl (C=O) groups excluding carboxylic acids is 4. The third kappa shape index (κ3) is 7.21. The van der Waals surface area contributed by atoms with Gasteiger partial charge in [-0.25, -0.2) is 18.2 Å². The number of hydrogen-bond donors (Lipinski definition) is 3. The van der Waals surface area contributed by atoms with Crippen molar-refractivity contribution in [3.8, 4) is 0 Å². The summed E-state index contributed by atoms with van der Waals surface area (Å²) in [6.45, 7) is 10.2. The first-order valence-corrected chi connectivity index (χ1v) is 20.4. The maximum absolute atomic E-state index is 14.6. The predicted molar refractivity (Wildman–Crippen MR) is 196 cm³/mol. The molecule has 1 aromatic heterocycles. The summed E-state index contributed by atoms with van der Waals surface area (Å²) in [6.07, 6.45) is 8.01. The van der Waals surface area contributed by atoms with Crippen LogP contribution < -0.4 is 15.4 Å². The van der Waals surface area contributed by atoms with Crippen LogP contribution in [0.25, 0.3) is 6.08 Å². The summed E-state index contributed by atoms with van der Waals surface area (Å²) in [6, 6.07) is 4.10. The van der Waals surface area contributed by atoms with Crippen molar-refractivity contribution in [1.82, 2.24) is 24.8 Å². The van der Waals surface area contributed by atoms with Crippen LogP contribution in [0.1, 0.15) is 81.7 Å². The lowest BCUT2D eigenvalue weighted by Crippen LogP contribution is -2.58. The molecule has 2 saturated carbocycles. The molecule has 13 nitrogen and oxygen atoms in total. The van der Waals surface area contributed by atoms with Crippen molar-refractivity contribution in [3.05, 3.63) is 64.7 Å². The number of nitrogens with one attached hydrogen (secondary N) is 3. The number of rotatable bonds is 6. The Hall–Kier alpha value is -4.24. The first-order valence-electron chi connectivity index (χ1n) is 17.9. The van der Waals surface area contributed by atoms with Gasteiger partial charge in [0.15, 0.2) is 5.13 Å². The lowest BCUT2D eigenvalue weighted by atomic mass is 9.85. The number of anilines is 1. The summed E-state index contributed by atoms with van der Waals surface area (Å²) in [5, 5.41) is 8.09. The SMILES string of the molecule is C=C[C@@H]1C[C@]1(NC(=O)[C@@H]1C[C@@H]2CN1C(=O)[C@H](C(C)(C)C)Nc1nc(cs1)CCC/C=C/c1cccc3c1CN(C3)C(=O)O2)C(=O)NS(=O)(=O)C1CC1. The Balaban J connectivity index is 1.18. The van der Waals surface area contributed by atoms with Gasteiger partial charge in [0.25, 0.3) is 5.91 Å². The molecule has 4 heterocycles. The second-order valence-electron chi connectivity index (χ2n) is 15.7. The average Bonchev–Trinajstić information content (AvgIpc) is 3.90. The summed E-state index contributed by atoms with van der Waals surface area (Å²) in [5.74, 6) is -2.34. The lowest BCUT2D eigenvalue weighted by molar-refractivity contribution is -0.141. The summed E-state index contributed by atoms with van der Waals surface area (Å²) >= 11 is 1.41. The molecule has 3 fully saturated rings. The molecule has 1 saturated heterocycles. The van der Waals surface area contributed by atoms with Crippen molar-refractivity contribution in [3.63, 3.8) is 0 Å². The monoisotopic (exact) mass is 750 g/mol. The minimum atomic E-state index is -3.88. The molecule has 3 aliphatic heterocycles. The van der Waals surface area contributed by atoms with E-state index in [1.807, 2.05) is 44.4 Å².